The number of benzene rings is 1. The molecule has 2 nitrogen and oxygen atoms in total. The first-order valence-electron chi connectivity index (χ1n) is 4.70. The molecule has 4 heteroatoms. The van der Waals surface area contributed by atoms with Gasteiger partial charge >= 0.3 is 0 Å². The Bertz CT molecular complexity index is 515. The second-order valence-electron chi connectivity index (χ2n) is 3.22. The summed E-state index contributed by atoms with van der Waals surface area (Å²) in [7, 11) is 2.05. The molecular weight excluding hydrogens is 333 g/mol. The molecule has 0 unspecified atom stereocenters. The summed E-state index contributed by atoms with van der Waals surface area (Å²) in [5.41, 5.74) is 1.24. The summed E-state index contributed by atoms with van der Waals surface area (Å²) in [5, 5.41) is 1.19. The molecule has 1 heterocycles. The van der Waals surface area contributed by atoms with Crippen LogP contribution in [0.2, 0.25) is 0 Å². The molecule has 0 spiro atoms. The Morgan fingerprint density at radius 1 is 1.44 bits per heavy atom. The fraction of sp³-hybridized carbons (Fsp3) is 0.250. The van der Waals surface area contributed by atoms with E-state index < -0.39 is 0 Å². The highest BCUT2D eigenvalue weighted by atomic mass is 127. The Kier molecular flexibility index (Phi) is 5.19. The van der Waals surface area contributed by atoms with E-state index in [1.165, 1.54) is 15.2 Å². The van der Waals surface area contributed by atoms with Crippen LogP contribution < -0.4 is 28.5 Å². The molecule has 0 saturated carbocycles. The van der Waals surface area contributed by atoms with E-state index in [0.29, 0.717) is 13.2 Å². The number of aromatic nitrogens is 1. The standard InChI is InChI=1S/C12H12NOS.HI/c1-3-8-14-9-12-13(2)10-6-4-5-7-11(10)15-12;/h1,4-7H,8-9H2,2H3;1H/q+1;/p-1. The topological polar surface area (TPSA) is 13.1 Å². The van der Waals surface area contributed by atoms with E-state index in [1.54, 1.807) is 11.3 Å². The SMILES string of the molecule is C#CCOCc1sc2ccccc2[n+]1C.[I-]. The number of hydrogen-bond acceptors (Lipinski definition) is 2. The van der Waals surface area contributed by atoms with Crippen LogP contribution in [0.25, 0.3) is 10.2 Å². The Morgan fingerprint density at radius 2 is 2.19 bits per heavy atom. The molecule has 0 aliphatic rings. The van der Waals surface area contributed by atoms with E-state index in [0.717, 1.165) is 0 Å². The first kappa shape index (κ1) is 13.4. The van der Waals surface area contributed by atoms with Gasteiger partial charge in [-0.25, -0.2) is 0 Å². The minimum absolute atomic E-state index is 0. The van der Waals surface area contributed by atoms with Crippen LogP contribution in [0.4, 0.5) is 0 Å². The molecule has 0 amide bonds. The smallest absolute Gasteiger partial charge is 0.264 e. The number of hydrogen-bond donors (Lipinski definition) is 0. The molecule has 0 radical (unpaired) electrons. The van der Waals surface area contributed by atoms with Gasteiger partial charge in [-0.15, -0.1) is 6.42 Å². The van der Waals surface area contributed by atoms with Gasteiger partial charge in [0, 0.05) is 6.07 Å². The van der Waals surface area contributed by atoms with Crippen molar-refractivity contribution >= 4 is 21.6 Å². The molecular formula is C12H12INOS. The van der Waals surface area contributed by atoms with Crippen LogP contribution in [0.3, 0.4) is 0 Å². The second kappa shape index (κ2) is 6.18. The number of para-hydroxylation sites is 1. The number of aryl methyl sites for hydroxylation is 1. The highest BCUT2D eigenvalue weighted by Crippen LogP contribution is 2.19. The monoisotopic (exact) mass is 345 g/mol. The van der Waals surface area contributed by atoms with Gasteiger partial charge in [-0.1, -0.05) is 29.4 Å². The lowest BCUT2D eigenvalue weighted by Gasteiger charge is -1.93. The van der Waals surface area contributed by atoms with Gasteiger partial charge in [0.15, 0.2) is 0 Å². The molecule has 1 aromatic carbocycles. The average Bonchev–Trinajstić information content (AvgIpc) is 2.57. The van der Waals surface area contributed by atoms with E-state index in [1.807, 2.05) is 19.2 Å². The van der Waals surface area contributed by atoms with Crippen LogP contribution >= 0.6 is 11.3 Å². The molecule has 0 aliphatic carbocycles. The fourth-order valence-electron chi connectivity index (χ4n) is 1.47. The molecule has 0 aliphatic heterocycles. The summed E-state index contributed by atoms with van der Waals surface area (Å²) in [5.74, 6) is 2.46. The van der Waals surface area contributed by atoms with Crippen molar-refractivity contribution in [1.82, 2.24) is 0 Å². The van der Waals surface area contributed by atoms with Crippen molar-refractivity contribution in [3.63, 3.8) is 0 Å². The summed E-state index contributed by atoms with van der Waals surface area (Å²) in [6.45, 7) is 0.953. The molecule has 2 rings (SSSR count). The summed E-state index contributed by atoms with van der Waals surface area (Å²) < 4.78 is 8.76. The summed E-state index contributed by atoms with van der Waals surface area (Å²) in [6, 6.07) is 8.31. The van der Waals surface area contributed by atoms with Crippen molar-refractivity contribution in [1.29, 1.82) is 0 Å². The minimum atomic E-state index is 0. The van der Waals surface area contributed by atoms with Gasteiger partial charge in [-0.05, 0) is 6.07 Å². The number of ether oxygens (including phenoxy) is 1. The molecule has 2 aromatic rings. The predicted octanol–water partition coefficient (Wildman–Crippen LogP) is -1.12. The first-order chi connectivity index (χ1) is 7.33. The van der Waals surface area contributed by atoms with Crippen molar-refractivity contribution in [2.75, 3.05) is 6.61 Å². The molecule has 0 atom stereocenters. The van der Waals surface area contributed by atoms with Gasteiger partial charge in [0.2, 0.25) is 5.52 Å². The number of thiazole rings is 1. The summed E-state index contributed by atoms with van der Waals surface area (Å²) in [4.78, 5) is 0. The molecule has 0 saturated heterocycles. The summed E-state index contributed by atoms with van der Waals surface area (Å²) in [6.07, 6.45) is 5.13. The maximum Gasteiger partial charge on any atom is 0.264 e. The van der Waals surface area contributed by atoms with E-state index in [4.69, 9.17) is 11.2 Å². The molecule has 84 valence electrons. The molecule has 0 fully saturated rings. The summed E-state index contributed by atoms with van der Waals surface area (Å²) >= 11 is 1.74. The maximum absolute atomic E-state index is 5.33. The number of halogens is 1. The molecule has 0 N–H and O–H groups in total. The lowest BCUT2D eigenvalue weighted by Crippen LogP contribution is -3.00. The molecule has 0 bridgehead atoms. The lowest BCUT2D eigenvalue weighted by atomic mass is 10.3. The third kappa shape index (κ3) is 2.73. The van der Waals surface area contributed by atoms with Crippen LogP contribution in [0.15, 0.2) is 24.3 Å². The zero-order chi connectivity index (χ0) is 10.7. The van der Waals surface area contributed by atoms with Crippen molar-refractivity contribution in [3.05, 3.63) is 29.3 Å². The second-order valence-corrected chi connectivity index (χ2v) is 4.33. The van der Waals surface area contributed by atoms with E-state index in [9.17, 15) is 0 Å². The highest BCUT2D eigenvalue weighted by molar-refractivity contribution is 7.18. The van der Waals surface area contributed by atoms with Gasteiger partial charge in [0.1, 0.15) is 25.0 Å². The normalized spacial score (nSPS) is 9.75. The third-order valence-corrected chi connectivity index (χ3v) is 3.43. The quantitative estimate of drug-likeness (QED) is 0.297. The van der Waals surface area contributed by atoms with Crippen LogP contribution in [-0.2, 0) is 18.4 Å². The van der Waals surface area contributed by atoms with Gasteiger partial charge in [-0.2, -0.15) is 4.57 Å². The molecule has 16 heavy (non-hydrogen) atoms. The van der Waals surface area contributed by atoms with Gasteiger partial charge < -0.3 is 28.7 Å². The zero-order valence-electron chi connectivity index (χ0n) is 8.94. The van der Waals surface area contributed by atoms with E-state index in [2.05, 4.69) is 22.6 Å². The minimum Gasteiger partial charge on any atom is -1.00 e. The number of terminal acetylenes is 1. The largest absolute Gasteiger partial charge is 1.00 e. The highest BCUT2D eigenvalue weighted by Gasteiger charge is 2.15. The Hall–Kier alpha value is -0.640. The van der Waals surface area contributed by atoms with Crippen molar-refractivity contribution in [3.8, 4) is 12.3 Å². The number of rotatable bonds is 3. The van der Waals surface area contributed by atoms with Crippen LogP contribution in [0.1, 0.15) is 5.01 Å². The number of fused-ring (bicyclic) bond motifs is 1. The van der Waals surface area contributed by atoms with Crippen molar-refractivity contribution < 1.29 is 33.3 Å². The first-order valence-corrected chi connectivity index (χ1v) is 5.52. The van der Waals surface area contributed by atoms with Gasteiger partial charge in [0.25, 0.3) is 5.01 Å². The Morgan fingerprint density at radius 3 is 2.88 bits per heavy atom. The van der Waals surface area contributed by atoms with Crippen molar-refractivity contribution in [2.24, 2.45) is 7.05 Å². The Labute approximate surface area is 116 Å². The Balaban J connectivity index is 0.00000128. The van der Waals surface area contributed by atoms with E-state index >= 15 is 0 Å². The maximum atomic E-state index is 5.33. The number of nitrogens with zero attached hydrogens (tertiary/aromatic N) is 1. The average molecular weight is 345 g/mol. The van der Waals surface area contributed by atoms with E-state index in [-0.39, 0.29) is 24.0 Å². The fourth-order valence-corrected chi connectivity index (χ4v) is 2.56. The molecule has 1 aromatic heterocycles. The van der Waals surface area contributed by atoms with Gasteiger partial charge in [-0.3, -0.25) is 0 Å². The van der Waals surface area contributed by atoms with Crippen LogP contribution in [-0.4, -0.2) is 6.61 Å². The van der Waals surface area contributed by atoms with Crippen molar-refractivity contribution in [2.45, 2.75) is 6.61 Å². The van der Waals surface area contributed by atoms with Gasteiger partial charge in [0.05, 0.1) is 0 Å². The van der Waals surface area contributed by atoms with Crippen LogP contribution in [0.5, 0.6) is 0 Å². The zero-order valence-corrected chi connectivity index (χ0v) is 11.9. The predicted molar refractivity (Wildman–Crippen MR) is 61.5 cm³/mol. The third-order valence-electron chi connectivity index (χ3n) is 2.24. The lowest BCUT2D eigenvalue weighted by molar-refractivity contribution is -0.650. The van der Waals surface area contributed by atoms with Crippen LogP contribution in [0, 0.1) is 12.3 Å².